The van der Waals surface area contributed by atoms with Gasteiger partial charge in [0.1, 0.15) is 23.6 Å². The van der Waals surface area contributed by atoms with Crippen molar-refractivity contribution in [1.82, 2.24) is 0 Å². The summed E-state index contributed by atoms with van der Waals surface area (Å²) in [5.74, 6) is -1.17. The van der Waals surface area contributed by atoms with Crippen molar-refractivity contribution in [2.24, 2.45) is 10.8 Å². The normalized spacial score (nSPS) is 20.6. The highest BCUT2D eigenvalue weighted by Crippen LogP contribution is 2.59. The minimum Gasteiger partial charge on any atom is -0.492 e. The molecule has 1 saturated heterocycles. The lowest BCUT2D eigenvalue weighted by atomic mass is 9.52. The number of hydrogen-bond acceptors (Lipinski definition) is 5. The topological polar surface area (TPSA) is 59.0 Å². The summed E-state index contributed by atoms with van der Waals surface area (Å²) in [7, 11) is 0. The van der Waals surface area contributed by atoms with Crippen molar-refractivity contribution in [1.29, 1.82) is 0 Å². The molecule has 0 radical (unpaired) electrons. The molecule has 5 rings (SSSR count). The second-order valence-corrected chi connectivity index (χ2v) is 10.5. The second kappa shape index (κ2) is 8.34. The van der Waals surface area contributed by atoms with Gasteiger partial charge in [0.2, 0.25) is 0 Å². The maximum atomic E-state index is 14.1. The fraction of sp³-hybridized carbons (Fsp3) is 0.458. The summed E-state index contributed by atoms with van der Waals surface area (Å²) in [5, 5.41) is 9.77. The number of anilines is 2. The quantitative estimate of drug-likeness (QED) is 0.532. The molecule has 0 bridgehead atoms. The van der Waals surface area contributed by atoms with Crippen molar-refractivity contribution < 1.29 is 36.9 Å². The number of hydrogen-bond donors (Lipinski definition) is 1. The highest BCUT2D eigenvalue weighted by atomic mass is 32.2. The van der Waals surface area contributed by atoms with Gasteiger partial charge in [-0.1, -0.05) is 0 Å². The van der Waals surface area contributed by atoms with Crippen LogP contribution in [0, 0.1) is 16.6 Å². The molecule has 0 amide bonds. The predicted molar refractivity (Wildman–Crippen MR) is 118 cm³/mol. The first kappa shape index (κ1) is 23.3. The molecule has 3 aliphatic rings. The molecule has 2 aliphatic heterocycles. The van der Waals surface area contributed by atoms with Crippen molar-refractivity contribution in [3.05, 3.63) is 47.8 Å². The van der Waals surface area contributed by atoms with Crippen LogP contribution in [0.2, 0.25) is 0 Å². The molecular weight excluding hydrogens is 474 g/mol. The molecule has 1 aliphatic carbocycles. The van der Waals surface area contributed by atoms with Gasteiger partial charge in [-0.05, 0) is 61.4 Å². The number of halogens is 4. The smallest absolute Gasteiger partial charge is 0.420 e. The van der Waals surface area contributed by atoms with Gasteiger partial charge in [0.05, 0.1) is 24.5 Å². The molecule has 5 nitrogen and oxygen atoms in total. The maximum Gasteiger partial charge on any atom is 0.420 e. The molecule has 2 fully saturated rings. The van der Waals surface area contributed by atoms with Crippen LogP contribution >= 0.6 is 11.8 Å². The Balaban J connectivity index is 1.48. The van der Waals surface area contributed by atoms with E-state index in [1.54, 1.807) is 17.0 Å². The fourth-order valence-electron chi connectivity index (χ4n) is 5.14. The minimum atomic E-state index is -4.70. The molecule has 34 heavy (non-hydrogen) atoms. The van der Waals surface area contributed by atoms with E-state index in [1.165, 1.54) is 30.0 Å². The standard InChI is InChI=1S/C24H23F4NO4S/c25-15-2-4-16(5-3-15)29-6-1-7-34-20-9-19(17(8-18(20)29)24(26,27)28)33-14-23(21(30)31)10-22(11-23)12-32-13-22/h2-5,8-9H,1,6-7,10-14H2,(H,30,31). The fourth-order valence-corrected chi connectivity index (χ4v) is 6.14. The minimum absolute atomic E-state index is 0.187. The van der Waals surface area contributed by atoms with E-state index in [0.29, 0.717) is 54.6 Å². The van der Waals surface area contributed by atoms with E-state index < -0.39 is 28.9 Å². The predicted octanol–water partition coefficient (Wildman–Crippen LogP) is 5.74. The average Bonchev–Trinajstić information content (AvgIpc) is 2.93. The van der Waals surface area contributed by atoms with Crippen LogP contribution < -0.4 is 9.64 Å². The number of alkyl halides is 3. The van der Waals surface area contributed by atoms with E-state index in [-0.39, 0.29) is 17.8 Å². The lowest BCUT2D eigenvalue weighted by Crippen LogP contribution is -2.62. The zero-order valence-electron chi connectivity index (χ0n) is 18.2. The first-order chi connectivity index (χ1) is 16.1. The number of thioether (sulfide) groups is 1. The molecule has 2 heterocycles. The number of carbonyl (C=O) groups is 1. The van der Waals surface area contributed by atoms with Gasteiger partial charge < -0.3 is 19.5 Å². The number of benzene rings is 2. The Bertz CT molecular complexity index is 1090. The van der Waals surface area contributed by atoms with Gasteiger partial charge in [-0.25, -0.2) is 4.39 Å². The number of carboxylic acid groups (broad SMARTS) is 1. The van der Waals surface area contributed by atoms with Crippen LogP contribution in [0.1, 0.15) is 24.8 Å². The van der Waals surface area contributed by atoms with Crippen LogP contribution in [0.4, 0.5) is 28.9 Å². The monoisotopic (exact) mass is 497 g/mol. The van der Waals surface area contributed by atoms with E-state index in [0.717, 1.165) is 12.5 Å². The SMILES string of the molecule is O=C(O)C1(COc2cc3c(cc2C(F)(F)F)N(c2ccc(F)cc2)CCCS3)CC2(COC2)C1. The largest absolute Gasteiger partial charge is 0.492 e. The second-order valence-electron chi connectivity index (χ2n) is 9.36. The molecule has 0 unspecified atom stereocenters. The van der Waals surface area contributed by atoms with Crippen molar-refractivity contribution in [2.75, 3.05) is 37.0 Å². The first-order valence-electron chi connectivity index (χ1n) is 11.0. The summed E-state index contributed by atoms with van der Waals surface area (Å²) >= 11 is 1.42. The van der Waals surface area contributed by atoms with E-state index in [9.17, 15) is 27.5 Å². The van der Waals surface area contributed by atoms with Gasteiger partial charge in [-0.15, -0.1) is 11.8 Å². The third-order valence-corrected chi connectivity index (χ3v) is 7.91. The van der Waals surface area contributed by atoms with Crippen molar-refractivity contribution in [3.8, 4) is 5.75 Å². The Labute approximate surface area is 198 Å². The lowest BCUT2D eigenvalue weighted by Gasteiger charge is -2.57. The Morgan fingerprint density at radius 2 is 1.88 bits per heavy atom. The summed E-state index contributed by atoms with van der Waals surface area (Å²) in [6, 6.07) is 8.06. The van der Waals surface area contributed by atoms with Crippen LogP contribution in [-0.2, 0) is 15.7 Å². The lowest BCUT2D eigenvalue weighted by molar-refractivity contribution is -0.226. The van der Waals surface area contributed by atoms with Crippen LogP contribution in [0.5, 0.6) is 5.75 Å². The number of aliphatic carboxylic acids is 1. The van der Waals surface area contributed by atoms with Gasteiger partial charge >= 0.3 is 12.1 Å². The Morgan fingerprint density at radius 3 is 2.47 bits per heavy atom. The van der Waals surface area contributed by atoms with Gasteiger partial charge in [0, 0.05) is 22.5 Å². The molecule has 182 valence electrons. The number of nitrogens with zero attached hydrogens (tertiary/aromatic N) is 1. The molecule has 1 N–H and O–H groups in total. The van der Waals surface area contributed by atoms with E-state index in [2.05, 4.69) is 0 Å². The summed E-state index contributed by atoms with van der Waals surface area (Å²) in [4.78, 5) is 14.3. The van der Waals surface area contributed by atoms with Crippen LogP contribution in [-0.4, -0.2) is 43.2 Å². The molecular formula is C24H23F4NO4S. The van der Waals surface area contributed by atoms with Crippen LogP contribution in [0.3, 0.4) is 0 Å². The van der Waals surface area contributed by atoms with Crippen LogP contribution in [0.15, 0.2) is 41.3 Å². The van der Waals surface area contributed by atoms with E-state index >= 15 is 0 Å². The zero-order valence-corrected chi connectivity index (χ0v) is 19.0. The average molecular weight is 498 g/mol. The highest BCUT2D eigenvalue weighted by Gasteiger charge is 2.63. The molecule has 2 aromatic carbocycles. The van der Waals surface area contributed by atoms with Gasteiger partial charge in [0.15, 0.2) is 0 Å². The number of carboxylic acids is 1. The highest BCUT2D eigenvalue weighted by molar-refractivity contribution is 7.99. The third kappa shape index (κ3) is 4.11. The molecule has 2 aromatic rings. The molecule has 10 heteroatoms. The molecule has 0 atom stereocenters. The van der Waals surface area contributed by atoms with Gasteiger partial charge in [0.25, 0.3) is 0 Å². The number of fused-ring (bicyclic) bond motifs is 1. The van der Waals surface area contributed by atoms with Crippen molar-refractivity contribution in [3.63, 3.8) is 0 Å². The summed E-state index contributed by atoms with van der Waals surface area (Å²) in [6.45, 7) is 1.10. The molecule has 0 aromatic heterocycles. The first-order valence-corrected chi connectivity index (χ1v) is 11.9. The summed E-state index contributed by atoms with van der Waals surface area (Å²) in [6.07, 6.45) is -3.32. The van der Waals surface area contributed by atoms with E-state index in [4.69, 9.17) is 9.47 Å². The Morgan fingerprint density at radius 1 is 1.18 bits per heavy atom. The van der Waals surface area contributed by atoms with Crippen LogP contribution in [0.25, 0.3) is 0 Å². The zero-order chi connectivity index (χ0) is 24.1. The van der Waals surface area contributed by atoms with Gasteiger partial charge in [-0.3, -0.25) is 4.79 Å². The number of ether oxygens (including phenoxy) is 2. The maximum absolute atomic E-state index is 14.1. The van der Waals surface area contributed by atoms with Crippen molar-refractivity contribution in [2.45, 2.75) is 30.3 Å². The van der Waals surface area contributed by atoms with E-state index in [1.807, 2.05) is 0 Å². The Hall–Kier alpha value is -2.46. The summed E-state index contributed by atoms with van der Waals surface area (Å²) in [5.41, 5.74) is -1.39. The Kier molecular flexibility index (Phi) is 5.71. The summed E-state index contributed by atoms with van der Waals surface area (Å²) < 4.78 is 66.5. The third-order valence-electron chi connectivity index (χ3n) is 6.78. The molecule has 1 saturated carbocycles. The van der Waals surface area contributed by atoms with Crippen molar-refractivity contribution >= 4 is 29.1 Å². The van der Waals surface area contributed by atoms with Gasteiger partial charge in [-0.2, -0.15) is 13.2 Å². The molecule has 1 spiro atoms. The number of rotatable bonds is 5.